The lowest BCUT2D eigenvalue weighted by Gasteiger charge is -2.16. The molecule has 0 heterocycles. The van der Waals surface area contributed by atoms with Crippen LogP contribution in [0.3, 0.4) is 0 Å². The van der Waals surface area contributed by atoms with E-state index in [1.54, 1.807) is 0 Å². The van der Waals surface area contributed by atoms with E-state index in [2.05, 4.69) is 15.9 Å². The predicted molar refractivity (Wildman–Crippen MR) is 79.1 cm³/mol. The van der Waals surface area contributed by atoms with E-state index in [1.807, 2.05) is 48.5 Å². The van der Waals surface area contributed by atoms with Crippen LogP contribution >= 0.6 is 27.5 Å². The Bertz CT molecular complexity index is 510. The molecule has 1 nitrogen and oxygen atoms in total. The van der Waals surface area contributed by atoms with Crippen LogP contribution in [-0.2, 0) is 6.42 Å². The topological polar surface area (TPSA) is 20.2 Å². The van der Waals surface area contributed by atoms with E-state index in [0.29, 0.717) is 0 Å². The molecule has 2 aromatic carbocycles. The van der Waals surface area contributed by atoms with Gasteiger partial charge in [0.15, 0.2) is 0 Å². The van der Waals surface area contributed by atoms with Crippen molar-refractivity contribution in [2.45, 2.75) is 12.3 Å². The van der Waals surface area contributed by atoms with Gasteiger partial charge in [0.25, 0.3) is 0 Å². The summed E-state index contributed by atoms with van der Waals surface area (Å²) < 4.78 is 1.04. The van der Waals surface area contributed by atoms with Gasteiger partial charge in [-0.3, -0.25) is 0 Å². The number of hydrogen-bond donors (Lipinski definition) is 1. The molecule has 0 amide bonds. The van der Waals surface area contributed by atoms with Gasteiger partial charge in [-0.2, -0.15) is 0 Å². The van der Waals surface area contributed by atoms with Gasteiger partial charge in [-0.1, -0.05) is 57.9 Å². The molecule has 0 spiro atoms. The van der Waals surface area contributed by atoms with E-state index in [9.17, 15) is 5.11 Å². The fraction of sp³-hybridized carbons (Fsp3) is 0.200. The Hall–Kier alpha value is -0.830. The summed E-state index contributed by atoms with van der Waals surface area (Å²) in [6.45, 7) is 0.130. The molecule has 0 aliphatic carbocycles. The highest BCUT2D eigenvalue weighted by atomic mass is 79.9. The van der Waals surface area contributed by atoms with Gasteiger partial charge in [-0.25, -0.2) is 0 Å². The molecule has 0 aliphatic heterocycles. The average molecular weight is 326 g/mol. The second-order valence-corrected chi connectivity index (χ2v) is 5.52. The minimum atomic E-state index is 0.0988. The van der Waals surface area contributed by atoms with Crippen molar-refractivity contribution < 1.29 is 5.11 Å². The lowest BCUT2D eigenvalue weighted by atomic mass is 9.93. The van der Waals surface area contributed by atoms with E-state index >= 15 is 0 Å². The summed E-state index contributed by atoms with van der Waals surface area (Å²) >= 11 is 9.40. The summed E-state index contributed by atoms with van der Waals surface area (Å²) in [5, 5.41) is 10.3. The van der Waals surface area contributed by atoms with Crippen molar-refractivity contribution in [1.29, 1.82) is 0 Å². The highest BCUT2D eigenvalue weighted by molar-refractivity contribution is 9.10. The van der Waals surface area contributed by atoms with Gasteiger partial charge in [-0.05, 0) is 35.7 Å². The smallest absolute Gasteiger partial charge is 0.0503 e. The van der Waals surface area contributed by atoms with Crippen molar-refractivity contribution in [3.8, 4) is 0 Å². The third kappa shape index (κ3) is 3.35. The highest BCUT2D eigenvalue weighted by Gasteiger charge is 2.13. The summed E-state index contributed by atoms with van der Waals surface area (Å²) in [5.41, 5.74) is 2.31. The highest BCUT2D eigenvalue weighted by Crippen LogP contribution is 2.27. The largest absolute Gasteiger partial charge is 0.396 e. The van der Waals surface area contributed by atoms with Gasteiger partial charge >= 0.3 is 0 Å². The Labute approximate surface area is 121 Å². The number of aliphatic hydroxyl groups is 1. The molecule has 0 aliphatic rings. The van der Waals surface area contributed by atoms with Crippen molar-refractivity contribution in [2.75, 3.05) is 6.61 Å². The third-order valence-electron chi connectivity index (χ3n) is 2.96. The zero-order valence-electron chi connectivity index (χ0n) is 9.81. The summed E-state index contributed by atoms with van der Waals surface area (Å²) in [6.07, 6.45) is 0.802. The summed E-state index contributed by atoms with van der Waals surface area (Å²) in [4.78, 5) is 0. The molecule has 0 bridgehead atoms. The first-order valence-electron chi connectivity index (χ1n) is 5.80. The van der Waals surface area contributed by atoms with Crippen LogP contribution in [0.1, 0.15) is 17.0 Å². The number of halogens is 2. The second-order valence-electron chi connectivity index (χ2n) is 4.23. The van der Waals surface area contributed by atoms with Crippen LogP contribution < -0.4 is 0 Å². The summed E-state index contributed by atoms with van der Waals surface area (Å²) in [5.74, 6) is 0.0988. The number of rotatable bonds is 4. The zero-order valence-corrected chi connectivity index (χ0v) is 12.2. The quantitative estimate of drug-likeness (QED) is 0.882. The van der Waals surface area contributed by atoms with E-state index in [4.69, 9.17) is 11.6 Å². The van der Waals surface area contributed by atoms with Gasteiger partial charge in [-0.15, -0.1) is 0 Å². The fourth-order valence-corrected chi connectivity index (χ4v) is 2.72. The zero-order chi connectivity index (χ0) is 13.0. The Kier molecular flexibility index (Phi) is 4.81. The van der Waals surface area contributed by atoms with Crippen molar-refractivity contribution in [1.82, 2.24) is 0 Å². The van der Waals surface area contributed by atoms with Crippen molar-refractivity contribution in [3.05, 3.63) is 69.2 Å². The van der Waals surface area contributed by atoms with Gasteiger partial charge < -0.3 is 5.11 Å². The molecule has 2 aromatic rings. The maximum atomic E-state index is 9.57. The molecule has 3 heteroatoms. The minimum absolute atomic E-state index is 0.0988. The second kappa shape index (κ2) is 6.37. The molecule has 0 unspecified atom stereocenters. The first-order chi connectivity index (χ1) is 8.70. The fourth-order valence-electron chi connectivity index (χ4n) is 1.98. The average Bonchev–Trinajstić information content (AvgIpc) is 2.39. The Morgan fingerprint density at radius 3 is 2.33 bits per heavy atom. The molecule has 0 fully saturated rings. The van der Waals surface area contributed by atoms with Gasteiger partial charge in [0.05, 0.1) is 6.61 Å². The van der Waals surface area contributed by atoms with Gasteiger partial charge in [0, 0.05) is 15.4 Å². The van der Waals surface area contributed by atoms with Crippen molar-refractivity contribution >= 4 is 27.5 Å². The maximum absolute atomic E-state index is 9.57. The molecule has 18 heavy (non-hydrogen) atoms. The monoisotopic (exact) mass is 324 g/mol. The Morgan fingerprint density at radius 2 is 1.72 bits per heavy atom. The van der Waals surface area contributed by atoms with Gasteiger partial charge in [0.2, 0.25) is 0 Å². The first kappa shape index (κ1) is 13.6. The SMILES string of the molecule is OC[C@@H](Cc1ccc(Cl)cc1)c1ccccc1Br. The lowest BCUT2D eigenvalue weighted by molar-refractivity contribution is 0.264. The minimum Gasteiger partial charge on any atom is -0.396 e. The van der Waals surface area contributed by atoms with E-state index in [0.717, 1.165) is 21.5 Å². The van der Waals surface area contributed by atoms with Crippen molar-refractivity contribution in [2.24, 2.45) is 0 Å². The van der Waals surface area contributed by atoms with Crippen LogP contribution in [-0.4, -0.2) is 11.7 Å². The first-order valence-corrected chi connectivity index (χ1v) is 6.97. The molecular weight excluding hydrogens is 312 g/mol. The van der Waals surface area contributed by atoms with Crippen LogP contribution in [0, 0.1) is 0 Å². The van der Waals surface area contributed by atoms with Crippen LogP contribution in [0.4, 0.5) is 0 Å². The standard InChI is InChI=1S/C15H14BrClO/c16-15-4-2-1-3-14(15)12(10-18)9-11-5-7-13(17)8-6-11/h1-8,12,18H,9-10H2/t12-/m1/s1. The van der Waals surface area contributed by atoms with E-state index < -0.39 is 0 Å². The summed E-state index contributed by atoms with van der Waals surface area (Å²) in [7, 11) is 0. The van der Waals surface area contributed by atoms with E-state index in [1.165, 1.54) is 5.56 Å². The Morgan fingerprint density at radius 1 is 1.06 bits per heavy atom. The van der Waals surface area contributed by atoms with E-state index in [-0.39, 0.29) is 12.5 Å². The molecule has 2 rings (SSSR count). The molecule has 0 aromatic heterocycles. The number of aliphatic hydroxyl groups excluding tert-OH is 1. The van der Waals surface area contributed by atoms with Gasteiger partial charge in [0.1, 0.15) is 0 Å². The molecule has 0 radical (unpaired) electrons. The molecular formula is C15H14BrClO. The predicted octanol–water partition coefficient (Wildman–Crippen LogP) is 4.42. The van der Waals surface area contributed by atoms with Crippen molar-refractivity contribution in [3.63, 3.8) is 0 Å². The molecule has 1 atom stereocenters. The van der Waals surface area contributed by atoms with Crippen LogP contribution in [0.15, 0.2) is 53.0 Å². The lowest BCUT2D eigenvalue weighted by Crippen LogP contribution is -2.08. The molecule has 94 valence electrons. The van der Waals surface area contributed by atoms with Crippen LogP contribution in [0.2, 0.25) is 5.02 Å². The number of benzene rings is 2. The molecule has 0 saturated heterocycles. The Balaban J connectivity index is 2.20. The third-order valence-corrected chi connectivity index (χ3v) is 3.93. The van der Waals surface area contributed by atoms with Crippen LogP contribution in [0.5, 0.6) is 0 Å². The van der Waals surface area contributed by atoms with Crippen LogP contribution in [0.25, 0.3) is 0 Å². The number of hydrogen-bond acceptors (Lipinski definition) is 1. The molecule has 0 saturated carbocycles. The summed E-state index contributed by atoms with van der Waals surface area (Å²) in [6, 6.07) is 15.8. The normalized spacial score (nSPS) is 12.4. The maximum Gasteiger partial charge on any atom is 0.0503 e. The molecule has 1 N–H and O–H groups in total.